The van der Waals surface area contributed by atoms with Gasteiger partial charge in [-0.1, -0.05) is 23.7 Å². The lowest BCUT2D eigenvalue weighted by Gasteiger charge is -2.07. The number of aryl methyl sites for hydroxylation is 1. The molecule has 1 fully saturated rings. The summed E-state index contributed by atoms with van der Waals surface area (Å²) in [5, 5.41) is 0.830. The molecule has 0 amide bonds. The molecule has 1 nitrogen and oxygen atoms in total. The molecule has 0 atom stereocenters. The van der Waals surface area contributed by atoms with Crippen LogP contribution in [-0.4, -0.2) is 5.54 Å². The minimum absolute atomic E-state index is 0.193. The normalized spacial score (nSPS) is 18.1. The van der Waals surface area contributed by atoms with Crippen LogP contribution >= 0.6 is 11.6 Å². The first-order valence-corrected chi connectivity index (χ1v) is 5.59. The van der Waals surface area contributed by atoms with Crippen LogP contribution in [0.5, 0.6) is 0 Å². The summed E-state index contributed by atoms with van der Waals surface area (Å²) in [6.45, 7) is 0. The third kappa shape index (κ3) is 2.73. The van der Waals surface area contributed by atoms with Gasteiger partial charge < -0.3 is 5.73 Å². The van der Waals surface area contributed by atoms with Crippen molar-refractivity contribution in [2.24, 2.45) is 5.73 Å². The summed E-state index contributed by atoms with van der Waals surface area (Å²) in [7, 11) is 0. The fourth-order valence-electron chi connectivity index (χ4n) is 1.75. The second-order valence-electron chi connectivity index (χ2n) is 4.35. The molecule has 2 N–H and O–H groups in total. The first-order valence-electron chi connectivity index (χ1n) is 5.21. The molecule has 0 radical (unpaired) electrons. The summed E-state index contributed by atoms with van der Waals surface area (Å²) in [6.07, 6.45) is 5.85. The van der Waals surface area contributed by atoms with E-state index in [1.165, 1.54) is 24.8 Å². The molecule has 0 bridgehead atoms. The Hall–Kier alpha value is -0.530. The highest BCUT2D eigenvalue weighted by molar-refractivity contribution is 6.30. The second kappa shape index (κ2) is 3.92. The van der Waals surface area contributed by atoms with Crippen LogP contribution < -0.4 is 5.73 Å². The van der Waals surface area contributed by atoms with E-state index in [-0.39, 0.29) is 5.54 Å². The number of nitrogens with two attached hydrogens (primary N) is 1. The van der Waals surface area contributed by atoms with Gasteiger partial charge in [0.25, 0.3) is 0 Å². The third-order valence-corrected chi connectivity index (χ3v) is 3.16. The zero-order chi connectivity index (χ0) is 10.0. The molecule has 0 aromatic heterocycles. The van der Waals surface area contributed by atoms with Crippen molar-refractivity contribution in [3.8, 4) is 0 Å². The largest absolute Gasteiger partial charge is 0.325 e. The van der Waals surface area contributed by atoms with E-state index in [0.29, 0.717) is 0 Å². The highest BCUT2D eigenvalue weighted by atomic mass is 35.5. The van der Waals surface area contributed by atoms with Crippen LogP contribution in [-0.2, 0) is 6.42 Å². The Morgan fingerprint density at radius 2 is 2.14 bits per heavy atom. The minimum atomic E-state index is 0.193. The smallest absolute Gasteiger partial charge is 0.0408 e. The van der Waals surface area contributed by atoms with E-state index < -0.39 is 0 Å². The number of halogens is 1. The van der Waals surface area contributed by atoms with E-state index >= 15 is 0 Å². The van der Waals surface area contributed by atoms with E-state index in [4.69, 9.17) is 17.3 Å². The van der Waals surface area contributed by atoms with E-state index in [2.05, 4.69) is 6.07 Å². The summed E-state index contributed by atoms with van der Waals surface area (Å²) < 4.78 is 0. The van der Waals surface area contributed by atoms with Crippen LogP contribution in [0.25, 0.3) is 0 Å². The van der Waals surface area contributed by atoms with Crippen molar-refractivity contribution in [2.45, 2.75) is 37.6 Å². The van der Waals surface area contributed by atoms with E-state index in [0.717, 1.165) is 17.9 Å². The molecule has 0 aliphatic heterocycles. The molecule has 2 rings (SSSR count). The molecule has 14 heavy (non-hydrogen) atoms. The van der Waals surface area contributed by atoms with Gasteiger partial charge in [0.05, 0.1) is 0 Å². The topological polar surface area (TPSA) is 26.0 Å². The predicted molar refractivity (Wildman–Crippen MR) is 60.5 cm³/mol. The molecule has 76 valence electrons. The van der Waals surface area contributed by atoms with Gasteiger partial charge >= 0.3 is 0 Å². The van der Waals surface area contributed by atoms with Gasteiger partial charge in [-0.2, -0.15) is 0 Å². The zero-order valence-corrected chi connectivity index (χ0v) is 9.06. The molecule has 1 aromatic rings. The lowest BCUT2D eigenvalue weighted by atomic mass is 10.0. The van der Waals surface area contributed by atoms with E-state index in [9.17, 15) is 0 Å². The zero-order valence-electron chi connectivity index (χ0n) is 8.30. The lowest BCUT2D eigenvalue weighted by molar-refractivity contribution is 0.576. The number of rotatable bonds is 4. The highest BCUT2D eigenvalue weighted by Gasteiger charge is 2.36. The maximum absolute atomic E-state index is 6.01. The average molecular weight is 210 g/mol. The predicted octanol–water partition coefficient (Wildman–Crippen LogP) is 3.15. The van der Waals surface area contributed by atoms with Gasteiger partial charge in [-0.05, 0) is 49.8 Å². The summed E-state index contributed by atoms with van der Waals surface area (Å²) >= 11 is 5.90. The molecule has 0 unspecified atom stereocenters. The third-order valence-electron chi connectivity index (χ3n) is 2.92. The summed E-state index contributed by atoms with van der Waals surface area (Å²) in [6, 6.07) is 8.09. The molecule has 1 saturated carbocycles. The van der Waals surface area contributed by atoms with Crippen LogP contribution in [0.3, 0.4) is 0 Å². The van der Waals surface area contributed by atoms with Crippen molar-refractivity contribution < 1.29 is 0 Å². The monoisotopic (exact) mass is 209 g/mol. The van der Waals surface area contributed by atoms with E-state index in [1.807, 2.05) is 18.2 Å². The first kappa shape index (κ1) is 10.0. The SMILES string of the molecule is NC1(CCCc2cccc(Cl)c2)CC1. The standard InChI is InChI=1S/C12H16ClN/c13-11-5-1-3-10(9-11)4-2-6-12(14)7-8-12/h1,3,5,9H,2,4,6-8,14H2. The quantitative estimate of drug-likeness (QED) is 0.810. The summed E-state index contributed by atoms with van der Waals surface area (Å²) in [4.78, 5) is 0. The summed E-state index contributed by atoms with van der Waals surface area (Å²) in [5.74, 6) is 0. The Morgan fingerprint density at radius 1 is 1.36 bits per heavy atom. The lowest BCUT2D eigenvalue weighted by Crippen LogP contribution is -2.21. The van der Waals surface area contributed by atoms with Crippen LogP contribution in [0.4, 0.5) is 0 Å². The van der Waals surface area contributed by atoms with Crippen LogP contribution in [0, 0.1) is 0 Å². The number of hydrogen-bond donors (Lipinski definition) is 1. The van der Waals surface area contributed by atoms with Gasteiger partial charge in [0.15, 0.2) is 0 Å². The molecular weight excluding hydrogens is 194 g/mol. The molecule has 0 saturated heterocycles. The Labute approximate surface area is 90.3 Å². The number of benzene rings is 1. The Bertz CT molecular complexity index is 318. The van der Waals surface area contributed by atoms with Crippen molar-refractivity contribution in [3.05, 3.63) is 34.9 Å². The molecule has 0 heterocycles. The highest BCUT2D eigenvalue weighted by Crippen LogP contribution is 2.36. The molecule has 1 aliphatic rings. The number of hydrogen-bond acceptors (Lipinski definition) is 1. The van der Waals surface area contributed by atoms with Crippen molar-refractivity contribution in [2.75, 3.05) is 0 Å². The Balaban J connectivity index is 1.80. The van der Waals surface area contributed by atoms with Crippen LogP contribution in [0.15, 0.2) is 24.3 Å². The minimum Gasteiger partial charge on any atom is -0.325 e. The molecule has 1 aromatic carbocycles. The van der Waals surface area contributed by atoms with E-state index in [1.54, 1.807) is 0 Å². The fourth-order valence-corrected chi connectivity index (χ4v) is 1.96. The van der Waals surface area contributed by atoms with Gasteiger partial charge in [0, 0.05) is 10.6 Å². The van der Waals surface area contributed by atoms with Gasteiger partial charge in [-0.3, -0.25) is 0 Å². The first-order chi connectivity index (χ1) is 6.68. The molecular formula is C12H16ClN. The molecule has 0 spiro atoms. The van der Waals surface area contributed by atoms with Crippen molar-refractivity contribution in [1.29, 1.82) is 0 Å². The van der Waals surface area contributed by atoms with Gasteiger partial charge in [0.2, 0.25) is 0 Å². The summed E-state index contributed by atoms with van der Waals surface area (Å²) in [5.41, 5.74) is 7.53. The fraction of sp³-hybridized carbons (Fsp3) is 0.500. The van der Waals surface area contributed by atoms with Crippen LogP contribution in [0.2, 0.25) is 5.02 Å². The van der Waals surface area contributed by atoms with Gasteiger partial charge in [-0.15, -0.1) is 0 Å². The molecule has 1 aliphatic carbocycles. The maximum atomic E-state index is 6.01. The molecule has 2 heteroatoms. The van der Waals surface area contributed by atoms with Crippen molar-refractivity contribution >= 4 is 11.6 Å². The van der Waals surface area contributed by atoms with Crippen molar-refractivity contribution in [1.82, 2.24) is 0 Å². The Morgan fingerprint density at radius 3 is 2.79 bits per heavy atom. The average Bonchev–Trinajstić information content (AvgIpc) is 2.84. The Kier molecular flexibility index (Phi) is 2.80. The second-order valence-corrected chi connectivity index (χ2v) is 4.78. The van der Waals surface area contributed by atoms with Gasteiger partial charge in [0.1, 0.15) is 0 Å². The van der Waals surface area contributed by atoms with Gasteiger partial charge in [-0.25, -0.2) is 0 Å². The van der Waals surface area contributed by atoms with Crippen LogP contribution in [0.1, 0.15) is 31.2 Å². The maximum Gasteiger partial charge on any atom is 0.0408 e. The van der Waals surface area contributed by atoms with Crippen molar-refractivity contribution in [3.63, 3.8) is 0 Å².